The van der Waals surface area contributed by atoms with Gasteiger partial charge in [-0.1, -0.05) is 42.3 Å². The first-order chi connectivity index (χ1) is 13.6. The largest absolute Gasteiger partial charge is 0.459 e. The van der Waals surface area contributed by atoms with Crippen LogP contribution in [0.15, 0.2) is 47.3 Å². The SMILES string of the molecule is CC1=C(C(=O)OC2CCCCC2)C(c2ccccc2Cl)C2C(=O)CCC=C2N1. The van der Waals surface area contributed by atoms with Gasteiger partial charge in [-0.05, 0) is 50.7 Å². The summed E-state index contributed by atoms with van der Waals surface area (Å²) in [6.45, 7) is 1.89. The van der Waals surface area contributed by atoms with E-state index in [1.807, 2.05) is 31.2 Å². The van der Waals surface area contributed by atoms with Crippen LogP contribution in [0.2, 0.25) is 5.02 Å². The highest BCUT2D eigenvalue weighted by atomic mass is 35.5. The number of esters is 1. The number of benzene rings is 1. The molecule has 2 unspecified atom stereocenters. The smallest absolute Gasteiger partial charge is 0.336 e. The van der Waals surface area contributed by atoms with Crippen LogP contribution in [-0.4, -0.2) is 17.9 Å². The second-order valence-electron chi connectivity index (χ2n) is 7.97. The fourth-order valence-electron chi connectivity index (χ4n) is 4.74. The lowest BCUT2D eigenvalue weighted by atomic mass is 9.71. The fourth-order valence-corrected chi connectivity index (χ4v) is 5.00. The molecule has 0 bridgehead atoms. The molecule has 28 heavy (non-hydrogen) atoms. The number of halogens is 1. The van der Waals surface area contributed by atoms with Crippen molar-refractivity contribution < 1.29 is 14.3 Å². The molecule has 1 aromatic carbocycles. The lowest BCUT2D eigenvalue weighted by molar-refractivity contribution is -0.146. The Kier molecular flexibility index (Phi) is 5.58. The minimum atomic E-state index is -0.412. The Morgan fingerprint density at radius 3 is 2.64 bits per heavy atom. The molecule has 1 heterocycles. The molecule has 1 fully saturated rings. The van der Waals surface area contributed by atoms with Crippen LogP contribution in [0.5, 0.6) is 0 Å². The third kappa shape index (κ3) is 3.62. The maximum absolute atomic E-state index is 13.3. The topological polar surface area (TPSA) is 55.4 Å². The third-order valence-corrected chi connectivity index (χ3v) is 6.45. The summed E-state index contributed by atoms with van der Waals surface area (Å²) in [5.41, 5.74) is 2.98. The van der Waals surface area contributed by atoms with Crippen LogP contribution < -0.4 is 5.32 Å². The Morgan fingerprint density at radius 1 is 1.14 bits per heavy atom. The van der Waals surface area contributed by atoms with Gasteiger partial charge in [-0.3, -0.25) is 4.79 Å². The Hall–Kier alpha value is -2.07. The van der Waals surface area contributed by atoms with Gasteiger partial charge in [-0.2, -0.15) is 0 Å². The standard InChI is InChI=1S/C23H26ClNO3/c1-14-20(23(27)28-15-8-3-2-4-9-15)21(16-10-5-6-11-17(16)24)22-18(25-14)12-7-13-19(22)26/h5-6,10-12,15,21-22,25H,2-4,7-9,13H2,1H3. The lowest BCUT2D eigenvalue weighted by Crippen LogP contribution is -2.41. The molecular weight excluding hydrogens is 374 g/mol. The van der Waals surface area contributed by atoms with Gasteiger partial charge in [0.05, 0.1) is 11.5 Å². The second-order valence-corrected chi connectivity index (χ2v) is 8.38. The number of Topliss-reactive ketones (excluding diaryl/α,β-unsaturated/α-hetero) is 1. The summed E-state index contributed by atoms with van der Waals surface area (Å²) in [4.78, 5) is 26.1. The predicted octanol–water partition coefficient (Wildman–Crippen LogP) is 5.04. The summed E-state index contributed by atoms with van der Waals surface area (Å²) in [5.74, 6) is -0.999. The number of carbonyl (C=O) groups is 2. The van der Waals surface area contributed by atoms with Gasteiger partial charge in [0.2, 0.25) is 0 Å². The molecule has 3 aliphatic rings. The number of allylic oxidation sites excluding steroid dienone is 3. The second kappa shape index (κ2) is 8.12. The number of nitrogens with one attached hydrogen (secondary N) is 1. The van der Waals surface area contributed by atoms with E-state index in [9.17, 15) is 9.59 Å². The molecule has 4 rings (SSSR count). The molecule has 2 atom stereocenters. The monoisotopic (exact) mass is 399 g/mol. The van der Waals surface area contributed by atoms with Crippen LogP contribution in [0.1, 0.15) is 63.4 Å². The molecular formula is C23H26ClNO3. The van der Waals surface area contributed by atoms with Crippen LogP contribution in [0.25, 0.3) is 0 Å². The van der Waals surface area contributed by atoms with Crippen molar-refractivity contribution in [1.29, 1.82) is 0 Å². The lowest BCUT2D eigenvalue weighted by Gasteiger charge is -2.38. The van der Waals surface area contributed by atoms with Crippen molar-refractivity contribution in [3.63, 3.8) is 0 Å². The molecule has 1 aliphatic heterocycles. The first-order valence-electron chi connectivity index (χ1n) is 10.2. The minimum Gasteiger partial charge on any atom is -0.459 e. The summed E-state index contributed by atoms with van der Waals surface area (Å²) in [6.07, 6.45) is 8.46. The fraction of sp³-hybridized carbons (Fsp3) is 0.478. The van der Waals surface area contributed by atoms with Crippen molar-refractivity contribution in [2.75, 3.05) is 0 Å². The van der Waals surface area contributed by atoms with Gasteiger partial charge < -0.3 is 10.1 Å². The van der Waals surface area contributed by atoms with E-state index in [2.05, 4.69) is 11.4 Å². The van der Waals surface area contributed by atoms with Gasteiger partial charge in [-0.15, -0.1) is 0 Å². The molecule has 0 amide bonds. The maximum Gasteiger partial charge on any atom is 0.336 e. The summed E-state index contributed by atoms with van der Waals surface area (Å²) < 4.78 is 5.90. The predicted molar refractivity (Wildman–Crippen MR) is 109 cm³/mol. The van der Waals surface area contributed by atoms with Gasteiger partial charge in [0.15, 0.2) is 0 Å². The molecule has 5 heteroatoms. The first kappa shape index (κ1) is 19.3. The summed E-state index contributed by atoms with van der Waals surface area (Å²) in [5, 5.41) is 3.88. The number of rotatable bonds is 3. The van der Waals surface area contributed by atoms with Crippen molar-refractivity contribution >= 4 is 23.4 Å². The average Bonchev–Trinajstić information content (AvgIpc) is 2.68. The zero-order valence-corrected chi connectivity index (χ0v) is 16.9. The normalized spacial score (nSPS) is 25.6. The van der Waals surface area contributed by atoms with Gasteiger partial charge in [0, 0.05) is 28.8 Å². The van der Waals surface area contributed by atoms with Crippen LogP contribution in [0, 0.1) is 5.92 Å². The molecule has 1 N–H and O–H groups in total. The molecule has 0 aromatic heterocycles. The molecule has 1 saturated carbocycles. The van der Waals surface area contributed by atoms with Crippen LogP contribution in [-0.2, 0) is 14.3 Å². The van der Waals surface area contributed by atoms with E-state index in [4.69, 9.17) is 16.3 Å². The first-order valence-corrected chi connectivity index (χ1v) is 10.6. The zero-order valence-electron chi connectivity index (χ0n) is 16.2. The Morgan fingerprint density at radius 2 is 1.89 bits per heavy atom. The number of fused-ring (bicyclic) bond motifs is 1. The Labute approximate surface area is 171 Å². The molecule has 148 valence electrons. The van der Waals surface area contributed by atoms with E-state index in [0.29, 0.717) is 17.0 Å². The molecule has 1 aromatic rings. The Bertz CT molecular complexity index is 851. The van der Waals surface area contributed by atoms with Crippen molar-refractivity contribution in [1.82, 2.24) is 5.32 Å². The molecule has 0 saturated heterocycles. The van der Waals surface area contributed by atoms with Crippen LogP contribution in [0.4, 0.5) is 0 Å². The molecule has 2 aliphatic carbocycles. The van der Waals surface area contributed by atoms with Crippen LogP contribution >= 0.6 is 11.6 Å². The van der Waals surface area contributed by atoms with E-state index < -0.39 is 11.8 Å². The number of ketones is 1. The highest BCUT2D eigenvalue weighted by Crippen LogP contribution is 2.45. The summed E-state index contributed by atoms with van der Waals surface area (Å²) in [6, 6.07) is 7.50. The van der Waals surface area contributed by atoms with Gasteiger partial charge in [0.1, 0.15) is 11.9 Å². The summed E-state index contributed by atoms with van der Waals surface area (Å²) >= 11 is 6.52. The highest BCUT2D eigenvalue weighted by molar-refractivity contribution is 6.31. The molecule has 4 nitrogen and oxygen atoms in total. The Balaban J connectivity index is 1.75. The minimum absolute atomic E-state index is 0.0348. The van der Waals surface area contributed by atoms with Crippen molar-refractivity contribution in [2.45, 2.75) is 63.9 Å². The van der Waals surface area contributed by atoms with Gasteiger partial charge in [-0.25, -0.2) is 4.79 Å². The van der Waals surface area contributed by atoms with Gasteiger partial charge >= 0.3 is 5.97 Å². The summed E-state index contributed by atoms with van der Waals surface area (Å²) in [7, 11) is 0. The van der Waals surface area contributed by atoms with Crippen molar-refractivity contribution in [3.05, 3.63) is 57.9 Å². The average molecular weight is 400 g/mol. The highest BCUT2D eigenvalue weighted by Gasteiger charge is 2.44. The number of hydrogen-bond acceptors (Lipinski definition) is 4. The zero-order chi connectivity index (χ0) is 19.7. The third-order valence-electron chi connectivity index (χ3n) is 6.10. The van der Waals surface area contributed by atoms with Crippen molar-refractivity contribution in [2.24, 2.45) is 5.92 Å². The van der Waals surface area contributed by atoms with E-state index in [-0.39, 0.29) is 17.9 Å². The molecule has 0 spiro atoms. The number of ether oxygens (including phenoxy) is 1. The van der Waals surface area contributed by atoms with Crippen molar-refractivity contribution in [3.8, 4) is 0 Å². The van der Waals surface area contributed by atoms with Crippen LogP contribution in [0.3, 0.4) is 0 Å². The number of hydrogen-bond donors (Lipinski definition) is 1. The van der Waals surface area contributed by atoms with E-state index >= 15 is 0 Å². The van der Waals surface area contributed by atoms with E-state index in [0.717, 1.165) is 49.1 Å². The van der Waals surface area contributed by atoms with E-state index in [1.165, 1.54) is 6.42 Å². The quantitative estimate of drug-likeness (QED) is 0.723. The van der Waals surface area contributed by atoms with E-state index in [1.54, 1.807) is 0 Å². The maximum atomic E-state index is 13.3. The number of carbonyl (C=O) groups excluding carboxylic acids is 2. The molecule has 0 radical (unpaired) electrons. The van der Waals surface area contributed by atoms with Gasteiger partial charge in [0.25, 0.3) is 0 Å².